The molecule has 4 heteroatoms. The Labute approximate surface area is 167 Å². The van der Waals surface area contributed by atoms with Crippen LogP contribution in [0.5, 0.6) is 0 Å². The van der Waals surface area contributed by atoms with Gasteiger partial charge < -0.3 is 19.1 Å². The molecule has 2 aliphatic rings. The van der Waals surface area contributed by atoms with Gasteiger partial charge in [-0.25, -0.2) is 0 Å². The van der Waals surface area contributed by atoms with Crippen molar-refractivity contribution >= 4 is 0 Å². The number of nitrogens with zero attached hydrogens (tertiary/aromatic N) is 1. The molecule has 0 bridgehead atoms. The molecule has 27 heavy (non-hydrogen) atoms. The first-order valence-electron chi connectivity index (χ1n) is 10.7. The maximum absolute atomic E-state index is 6.05. The maximum atomic E-state index is 6.05. The molecule has 0 aromatic rings. The molecule has 0 amide bonds. The third kappa shape index (κ3) is 9.94. The van der Waals surface area contributed by atoms with E-state index in [4.69, 9.17) is 14.2 Å². The molecule has 0 N–H and O–H groups in total. The fourth-order valence-electron chi connectivity index (χ4n) is 3.71. The standard InChI is InChI=1S/C23H41NO3/c1-22(2,3)26-15-9-7-8-14-25-20-10-12-24(13-11-20)18-19-16-21(17-19)27-23(4,5)6/h19-21H,8,10-18H2,1-6H3. The zero-order valence-corrected chi connectivity index (χ0v) is 18.5. The van der Waals surface area contributed by atoms with Gasteiger partial charge in [0.1, 0.15) is 6.61 Å². The highest BCUT2D eigenvalue weighted by Gasteiger charge is 2.34. The summed E-state index contributed by atoms with van der Waals surface area (Å²) in [5.74, 6) is 7.03. The normalized spacial score (nSPS) is 25.0. The number of likely N-dealkylation sites (tertiary alicyclic amines) is 1. The Kier molecular flexibility index (Phi) is 8.62. The van der Waals surface area contributed by atoms with E-state index in [2.05, 4.69) is 37.5 Å². The van der Waals surface area contributed by atoms with Crippen LogP contribution in [0.3, 0.4) is 0 Å². The van der Waals surface area contributed by atoms with Crippen molar-refractivity contribution in [3.63, 3.8) is 0 Å². The van der Waals surface area contributed by atoms with E-state index < -0.39 is 0 Å². The van der Waals surface area contributed by atoms with Crippen molar-refractivity contribution in [2.75, 3.05) is 32.8 Å². The van der Waals surface area contributed by atoms with Gasteiger partial charge in [0.15, 0.2) is 0 Å². The van der Waals surface area contributed by atoms with Crippen molar-refractivity contribution in [1.29, 1.82) is 0 Å². The van der Waals surface area contributed by atoms with E-state index in [0.717, 1.165) is 44.9 Å². The van der Waals surface area contributed by atoms with Crippen LogP contribution >= 0.6 is 0 Å². The van der Waals surface area contributed by atoms with Crippen LogP contribution in [0.2, 0.25) is 0 Å². The monoisotopic (exact) mass is 379 g/mol. The van der Waals surface area contributed by atoms with Crippen LogP contribution in [0.15, 0.2) is 0 Å². The van der Waals surface area contributed by atoms with Crippen molar-refractivity contribution in [3.05, 3.63) is 0 Å². The van der Waals surface area contributed by atoms with Gasteiger partial charge in [-0.3, -0.25) is 0 Å². The summed E-state index contributed by atoms with van der Waals surface area (Å²) in [6.45, 7) is 17.4. The summed E-state index contributed by atoms with van der Waals surface area (Å²) in [5, 5.41) is 0. The lowest BCUT2D eigenvalue weighted by Crippen LogP contribution is -2.45. The predicted molar refractivity (Wildman–Crippen MR) is 111 cm³/mol. The lowest BCUT2D eigenvalue weighted by atomic mass is 9.81. The highest BCUT2D eigenvalue weighted by Crippen LogP contribution is 2.34. The third-order valence-electron chi connectivity index (χ3n) is 5.05. The van der Waals surface area contributed by atoms with E-state index in [0.29, 0.717) is 18.8 Å². The molecular formula is C23H41NO3. The minimum absolute atomic E-state index is 0.00465. The molecule has 1 saturated carbocycles. The summed E-state index contributed by atoms with van der Waals surface area (Å²) in [4.78, 5) is 2.61. The van der Waals surface area contributed by atoms with E-state index in [-0.39, 0.29) is 11.2 Å². The smallest absolute Gasteiger partial charge is 0.108 e. The van der Waals surface area contributed by atoms with Crippen molar-refractivity contribution in [1.82, 2.24) is 4.90 Å². The van der Waals surface area contributed by atoms with E-state index in [1.807, 2.05) is 20.8 Å². The first kappa shape index (κ1) is 22.7. The molecule has 1 heterocycles. The Morgan fingerprint density at radius 2 is 1.56 bits per heavy atom. The van der Waals surface area contributed by atoms with Crippen molar-refractivity contribution in [2.45, 2.75) is 97.1 Å². The molecule has 1 saturated heterocycles. The molecule has 0 unspecified atom stereocenters. The summed E-state index contributed by atoms with van der Waals surface area (Å²) in [7, 11) is 0. The molecule has 0 atom stereocenters. The molecule has 2 rings (SSSR count). The van der Waals surface area contributed by atoms with Gasteiger partial charge in [-0.15, -0.1) is 0 Å². The Bertz CT molecular complexity index is 480. The van der Waals surface area contributed by atoms with E-state index >= 15 is 0 Å². The van der Waals surface area contributed by atoms with Gasteiger partial charge in [0.05, 0.1) is 30.0 Å². The Hall–Kier alpha value is -0.600. The van der Waals surface area contributed by atoms with Crippen molar-refractivity contribution in [2.24, 2.45) is 5.92 Å². The van der Waals surface area contributed by atoms with Gasteiger partial charge in [0.25, 0.3) is 0 Å². The molecule has 4 nitrogen and oxygen atoms in total. The van der Waals surface area contributed by atoms with Crippen LogP contribution in [-0.4, -0.2) is 61.2 Å². The largest absolute Gasteiger partial charge is 0.377 e. The van der Waals surface area contributed by atoms with Crippen LogP contribution in [0.4, 0.5) is 0 Å². The summed E-state index contributed by atoms with van der Waals surface area (Å²) in [5.41, 5.74) is -0.117. The van der Waals surface area contributed by atoms with Crippen molar-refractivity contribution in [3.8, 4) is 11.8 Å². The second-order valence-electron chi connectivity index (χ2n) is 10.1. The van der Waals surface area contributed by atoms with E-state index in [1.165, 1.54) is 19.4 Å². The van der Waals surface area contributed by atoms with Gasteiger partial charge in [-0.05, 0) is 73.1 Å². The molecule has 0 spiro atoms. The molecule has 2 fully saturated rings. The van der Waals surface area contributed by atoms with E-state index in [9.17, 15) is 0 Å². The SMILES string of the molecule is CC(C)(C)OCC#CCCOC1CCN(CC2CC(OC(C)(C)C)C2)CC1. The molecule has 0 aromatic carbocycles. The first-order valence-corrected chi connectivity index (χ1v) is 10.7. The molecular weight excluding hydrogens is 338 g/mol. The number of piperidine rings is 1. The molecule has 1 aliphatic heterocycles. The lowest BCUT2D eigenvalue weighted by molar-refractivity contribution is -0.116. The third-order valence-corrected chi connectivity index (χ3v) is 5.05. The Morgan fingerprint density at radius 3 is 2.15 bits per heavy atom. The Morgan fingerprint density at radius 1 is 0.889 bits per heavy atom. The molecule has 156 valence electrons. The van der Waals surface area contributed by atoms with E-state index in [1.54, 1.807) is 0 Å². The number of ether oxygens (including phenoxy) is 3. The van der Waals surface area contributed by atoms with Crippen LogP contribution < -0.4 is 0 Å². The summed E-state index contributed by atoms with van der Waals surface area (Å²) in [6, 6.07) is 0. The van der Waals surface area contributed by atoms with Gasteiger partial charge in [0.2, 0.25) is 0 Å². The fraction of sp³-hybridized carbons (Fsp3) is 0.913. The van der Waals surface area contributed by atoms with Crippen molar-refractivity contribution < 1.29 is 14.2 Å². The highest BCUT2D eigenvalue weighted by molar-refractivity contribution is 4.99. The molecule has 1 aliphatic carbocycles. The van der Waals surface area contributed by atoms with Crippen LogP contribution in [0.25, 0.3) is 0 Å². The second kappa shape index (κ2) is 10.3. The average molecular weight is 380 g/mol. The zero-order chi connectivity index (χ0) is 19.9. The number of hydrogen-bond donors (Lipinski definition) is 0. The van der Waals surface area contributed by atoms with Gasteiger partial charge in [-0.1, -0.05) is 11.8 Å². The number of hydrogen-bond acceptors (Lipinski definition) is 4. The lowest BCUT2D eigenvalue weighted by Gasteiger charge is -2.42. The second-order valence-corrected chi connectivity index (χ2v) is 10.1. The van der Waals surface area contributed by atoms with Gasteiger partial charge in [-0.2, -0.15) is 0 Å². The van der Waals surface area contributed by atoms with Crippen LogP contribution in [0.1, 0.15) is 73.6 Å². The zero-order valence-electron chi connectivity index (χ0n) is 18.5. The topological polar surface area (TPSA) is 30.9 Å². The Balaban J connectivity index is 1.48. The number of rotatable bonds is 7. The van der Waals surface area contributed by atoms with Crippen LogP contribution in [0, 0.1) is 17.8 Å². The fourth-order valence-corrected chi connectivity index (χ4v) is 3.71. The minimum atomic E-state index is -0.112. The quantitative estimate of drug-likeness (QED) is 0.488. The average Bonchev–Trinajstić information content (AvgIpc) is 2.51. The summed E-state index contributed by atoms with van der Waals surface area (Å²) < 4.78 is 17.6. The molecule has 0 aromatic heterocycles. The highest BCUT2D eigenvalue weighted by atomic mass is 16.5. The van der Waals surface area contributed by atoms with Gasteiger partial charge in [0, 0.05) is 26.1 Å². The minimum Gasteiger partial charge on any atom is -0.377 e. The van der Waals surface area contributed by atoms with Gasteiger partial charge >= 0.3 is 0 Å². The predicted octanol–water partition coefficient (Wildman–Crippen LogP) is 4.27. The van der Waals surface area contributed by atoms with Crippen LogP contribution in [-0.2, 0) is 14.2 Å². The first-order chi connectivity index (χ1) is 12.6. The maximum Gasteiger partial charge on any atom is 0.108 e. The summed E-state index contributed by atoms with van der Waals surface area (Å²) >= 11 is 0. The molecule has 0 radical (unpaired) electrons. The summed E-state index contributed by atoms with van der Waals surface area (Å²) in [6.07, 6.45) is 6.43.